The van der Waals surface area contributed by atoms with Crippen molar-refractivity contribution >= 4 is 0 Å². The normalized spacial score (nSPS) is 40.9. The molecule has 166 valence electrons. The molecular weight excluding hydrogens is 386 g/mol. The summed E-state index contributed by atoms with van der Waals surface area (Å²) in [4.78, 5) is 2.54. The van der Waals surface area contributed by atoms with Crippen LogP contribution in [0.15, 0.2) is 0 Å². The molecule has 0 aliphatic heterocycles. The summed E-state index contributed by atoms with van der Waals surface area (Å²) in [7, 11) is 3.67. The van der Waals surface area contributed by atoms with Gasteiger partial charge in [-0.3, -0.25) is 0 Å². The van der Waals surface area contributed by atoms with Gasteiger partial charge in [0, 0.05) is 25.7 Å². The summed E-state index contributed by atoms with van der Waals surface area (Å²) in [5.74, 6) is 3.35. The fourth-order valence-corrected chi connectivity index (χ4v) is 6.49. The van der Waals surface area contributed by atoms with E-state index in [1.807, 2.05) is 14.2 Å². The van der Waals surface area contributed by atoms with Crippen molar-refractivity contribution in [1.29, 1.82) is 0 Å². The molecular formula is C20H38ClNO6. The maximum atomic E-state index is 8.60. The molecule has 0 aromatic rings. The van der Waals surface area contributed by atoms with Crippen molar-refractivity contribution in [1.82, 2.24) is 4.90 Å². The van der Waals surface area contributed by atoms with Crippen LogP contribution >= 0.6 is 0 Å². The lowest BCUT2D eigenvalue weighted by Gasteiger charge is -2.61. The van der Waals surface area contributed by atoms with E-state index in [1.165, 1.54) is 44.9 Å². The van der Waals surface area contributed by atoms with Crippen LogP contribution in [0.4, 0.5) is 0 Å². The molecule has 0 radical (unpaired) electrons. The zero-order valence-corrected chi connectivity index (χ0v) is 18.7. The first-order valence-corrected chi connectivity index (χ1v) is 11.7. The van der Waals surface area contributed by atoms with Crippen LogP contribution in [0.2, 0.25) is 0 Å². The van der Waals surface area contributed by atoms with E-state index in [1.54, 1.807) is 0 Å². The minimum absolute atomic E-state index is 0.266. The Balaban J connectivity index is 0.000000500. The van der Waals surface area contributed by atoms with Crippen molar-refractivity contribution < 1.29 is 38.4 Å². The summed E-state index contributed by atoms with van der Waals surface area (Å²) in [5.41, 5.74) is 0.329. The third-order valence-corrected chi connectivity index (χ3v) is 7.80. The van der Waals surface area contributed by atoms with Gasteiger partial charge < -0.3 is 14.4 Å². The molecule has 3 rings (SSSR count). The van der Waals surface area contributed by atoms with Gasteiger partial charge in [0.1, 0.15) is 0 Å². The van der Waals surface area contributed by atoms with Crippen LogP contribution in [0.3, 0.4) is 0 Å². The number of hydrogen-bond donors (Lipinski definition) is 1. The first kappa shape index (κ1) is 24.3. The predicted octanol–water partition coefficient (Wildman–Crippen LogP) is -0.161. The summed E-state index contributed by atoms with van der Waals surface area (Å²) >= 11 is 0. The molecule has 0 saturated heterocycles. The highest BCUT2D eigenvalue weighted by atomic mass is 35.7. The second-order valence-electron chi connectivity index (χ2n) is 8.98. The van der Waals surface area contributed by atoms with Gasteiger partial charge in [-0.1, -0.05) is 19.8 Å². The van der Waals surface area contributed by atoms with E-state index in [-0.39, 0.29) is 12.2 Å². The topological polar surface area (TPSA) is 111 Å². The SMILES string of the molecule is CCC1CCC2C(CCC3(N(C)C)CCC(OC)C(OC)C23)C1.[O-][Cl+3]([O-])([O-])O. The molecule has 7 unspecified atom stereocenters. The van der Waals surface area contributed by atoms with E-state index in [9.17, 15) is 0 Å². The van der Waals surface area contributed by atoms with Gasteiger partial charge in [-0.15, -0.1) is 0 Å². The molecule has 0 amide bonds. The summed E-state index contributed by atoms with van der Waals surface area (Å²) in [6.45, 7) is 2.37. The molecule has 0 aromatic carbocycles. The molecule has 3 aliphatic rings. The van der Waals surface area contributed by atoms with Crippen LogP contribution in [0.25, 0.3) is 0 Å². The van der Waals surface area contributed by atoms with Crippen LogP contribution < -0.4 is 14.0 Å². The Kier molecular flexibility index (Phi) is 8.57. The molecule has 7 nitrogen and oxygen atoms in total. The molecule has 0 aromatic heterocycles. The van der Waals surface area contributed by atoms with Crippen molar-refractivity contribution in [2.75, 3.05) is 28.3 Å². The van der Waals surface area contributed by atoms with Crippen LogP contribution in [0.5, 0.6) is 0 Å². The van der Waals surface area contributed by atoms with E-state index < -0.39 is 10.2 Å². The highest BCUT2D eigenvalue weighted by Gasteiger charge is 2.58. The van der Waals surface area contributed by atoms with Crippen molar-refractivity contribution in [3.05, 3.63) is 0 Å². The smallest absolute Gasteiger partial charge is 0.0881 e. The number of rotatable bonds is 4. The predicted molar refractivity (Wildman–Crippen MR) is 96.8 cm³/mol. The van der Waals surface area contributed by atoms with E-state index >= 15 is 0 Å². The van der Waals surface area contributed by atoms with E-state index in [0.29, 0.717) is 11.5 Å². The number of hydrogen-bond acceptors (Lipinski definition) is 7. The highest BCUT2D eigenvalue weighted by Crippen LogP contribution is 2.57. The van der Waals surface area contributed by atoms with Crippen LogP contribution in [0.1, 0.15) is 58.3 Å². The van der Waals surface area contributed by atoms with Gasteiger partial charge in [0.2, 0.25) is 0 Å². The Labute approximate surface area is 171 Å². The molecule has 3 aliphatic carbocycles. The highest BCUT2D eigenvalue weighted by molar-refractivity contribution is 5.10. The quantitative estimate of drug-likeness (QED) is 0.668. The molecule has 3 fully saturated rings. The van der Waals surface area contributed by atoms with Crippen LogP contribution in [-0.4, -0.2) is 55.6 Å². The second-order valence-corrected chi connectivity index (χ2v) is 9.77. The first-order chi connectivity index (χ1) is 13.1. The number of nitrogens with zero attached hydrogens (tertiary/aromatic N) is 1. The third kappa shape index (κ3) is 5.38. The summed E-state index contributed by atoms with van der Waals surface area (Å²) in [6, 6.07) is 0. The standard InChI is InChI=1S/C20H37NO2.ClHO4/c1-6-14-7-8-16-15(13-14)9-11-20(21(2)3)12-10-17(22-4)19(23-5)18(16)20;2-1(3,4)5/h14-19H,6-13H2,1-5H3;(H,2,3,4,5). The molecule has 7 atom stereocenters. The van der Waals surface area contributed by atoms with E-state index in [0.717, 1.165) is 24.2 Å². The van der Waals surface area contributed by atoms with E-state index in [4.69, 9.17) is 28.1 Å². The minimum Gasteiger partial charge on any atom is -0.379 e. The molecule has 0 heterocycles. The van der Waals surface area contributed by atoms with Gasteiger partial charge in [0.15, 0.2) is 0 Å². The maximum absolute atomic E-state index is 8.60. The maximum Gasteiger partial charge on any atom is 0.0881 e. The summed E-state index contributed by atoms with van der Waals surface area (Å²) in [6.07, 6.45) is 11.4. The van der Waals surface area contributed by atoms with Gasteiger partial charge in [0.25, 0.3) is 0 Å². The van der Waals surface area contributed by atoms with Gasteiger partial charge in [-0.05, 0) is 70.4 Å². The summed E-state index contributed by atoms with van der Waals surface area (Å²) in [5, 5.41) is 0. The van der Waals surface area contributed by atoms with E-state index in [2.05, 4.69) is 25.9 Å². The van der Waals surface area contributed by atoms with Crippen molar-refractivity contribution in [2.45, 2.75) is 76.0 Å². The number of fused-ring (bicyclic) bond motifs is 3. The third-order valence-electron chi connectivity index (χ3n) is 7.80. The summed E-state index contributed by atoms with van der Waals surface area (Å²) < 4.78 is 44.7. The zero-order valence-electron chi connectivity index (χ0n) is 17.9. The Bertz CT molecular complexity index is 482. The molecule has 3 saturated carbocycles. The number of methoxy groups -OCH3 is 2. The first-order valence-electron chi connectivity index (χ1n) is 10.4. The van der Waals surface area contributed by atoms with Gasteiger partial charge >= 0.3 is 0 Å². The van der Waals surface area contributed by atoms with Crippen LogP contribution in [0, 0.1) is 33.9 Å². The van der Waals surface area contributed by atoms with Crippen molar-refractivity contribution in [3.8, 4) is 0 Å². The Hall–Kier alpha value is 0.01000. The molecule has 1 N–H and O–H groups in total. The monoisotopic (exact) mass is 423 g/mol. The van der Waals surface area contributed by atoms with Crippen LogP contribution in [-0.2, 0) is 9.47 Å². The zero-order chi connectivity index (χ0) is 21.1. The average Bonchev–Trinajstić information content (AvgIpc) is 2.64. The van der Waals surface area contributed by atoms with Crippen molar-refractivity contribution in [3.63, 3.8) is 0 Å². The lowest BCUT2D eigenvalue weighted by molar-refractivity contribution is -1.92. The second kappa shape index (κ2) is 9.88. The number of halogens is 1. The fraction of sp³-hybridized carbons (Fsp3) is 1.00. The van der Waals surface area contributed by atoms with Gasteiger partial charge in [0.05, 0.1) is 27.1 Å². The minimum atomic E-state index is -4.69. The molecule has 28 heavy (non-hydrogen) atoms. The Morgan fingerprint density at radius 2 is 1.64 bits per heavy atom. The lowest BCUT2D eigenvalue weighted by atomic mass is 9.51. The largest absolute Gasteiger partial charge is 0.379 e. The fourth-order valence-electron chi connectivity index (χ4n) is 6.49. The number of ether oxygens (including phenoxy) is 2. The molecule has 0 spiro atoms. The van der Waals surface area contributed by atoms with Gasteiger partial charge in [-0.2, -0.15) is 14.0 Å². The average molecular weight is 424 g/mol. The Morgan fingerprint density at radius 1 is 1.04 bits per heavy atom. The lowest BCUT2D eigenvalue weighted by Crippen LogP contribution is -2.66. The molecule has 8 heteroatoms. The van der Waals surface area contributed by atoms with Gasteiger partial charge in [-0.25, -0.2) is 0 Å². The Morgan fingerprint density at radius 3 is 2.14 bits per heavy atom. The molecule has 0 bridgehead atoms. The van der Waals surface area contributed by atoms with Crippen molar-refractivity contribution in [2.24, 2.45) is 23.7 Å².